The summed E-state index contributed by atoms with van der Waals surface area (Å²) in [6, 6.07) is 0. The standard InChI is InChI=1S/C24H49N2O5P/c1-7-11-13-21(9-3)15-17-23(25-27)19(5)30-32(29)31-20(6)24(26-28)18-16-22(10-4)14-12-8-2/h19-22,27-28,32H,7-18H2,1-6H3. The first-order chi connectivity index (χ1) is 15.4. The van der Waals surface area contributed by atoms with Crippen molar-refractivity contribution in [2.45, 2.75) is 131 Å². The van der Waals surface area contributed by atoms with Gasteiger partial charge in [0.25, 0.3) is 0 Å². The molecule has 0 bridgehead atoms. The fourth-order valence-corrected chi connectivity index (χ4v) is 4.82. The summed E-state index contributed by atoms with van der Waals surface area (Å²) in [5, 5.41) is 25.6. The van der Waals surface area contributed by atoms with Crippen molar-refractivity contribution in [3.05, 3.63) is 0 Å². The van der Waals surface area contributed by atoms with Crippen LogP contribution in [0.4, 0.5) is 0 Å². The van der Waals surface area contributed by atoms with E-state index in [9.17, 15) is 15.0 Å². The minimum absolute atomic E-state index is 0.479. The quantitative estimate of drug-likeness (QED) is 0.0806. The van der Waals surface area contributed by atoms with Gasteiger partial charge in [-0.05, 0) is 51.4 Å². The van der Waals surface area contributed by atoms with Crippen LogP contribution < -0.4 is 0 Å². The molecule has 32 heavy (non-hydrogen) atoms. The van der Waals surface area contributed by atoms with Crippen LogP contribution in [0.2, 0.25) is 0 Å². The van der Waals surface area contributed by atoms with Crippen LogP contribution in [-0.4, -0.2) is 34.0 Å². The summed E-state index contributed by atoms with van der Waals surface area (Å²) in [5.74, 6) is 1.17. The van der Waals surface area contributed by atoms with E-state index < -0.39 is 20.5 Å². The van der Waals surface area contributed by atoms with Crippen molar-refractivity contribution in [3.8, 4) is 0 Å². The first-order valence-corrected chi connectivity index (χ1v) is 13.9. The van der Waals surface area contributed by atoms with E-state index in [1.165, 1.54) is 38.5 Å². The van der Waals surface area contributed by atoms with Gasteiger partial charge in [0.1, 0.15) is 12.2 Å². The van der Waals surface area contributed by atoms with Gasteiger partial charge in [-0.15, -0.1) is 0 Å². The van der Waals surface area contributed by atoms with Crippen molar-refractivity contribution in [2.24, 2.45) is 22.1 Å². The van der Waals surface area contributed by atoms with Gasteiger partial charge in [0, 0.05) is 0 Å². The molecule has 190 valence electrons. The number of nitrogens with zero attached hydrogens (tertiary/aromatic N) is 2. The minimum Gasteiger partial charge on any atom is -0.411 e. The second kappa shape index (κ2) is 19.5. The van der Waals surface area contributed by atoms with E-state index in [4.69, 9.17) is 9.05 Å². The zero-order valence-corrected chi connectivity index (χ0v) is 22.3. The summed E-state index contributed by atoms with van der Waals surface area (Å²) < 4.78 is 23.5. The van der Waals surface area contributed by atoms with E-state index in [2.05, 4.69) is 38.0 Å². The second-order valence-electron chi connectivity index (χ2n) is 8.86. The molecule has 0 radical (unpaired) electrons. The lowest BCUT2D eigenvalue weighted by Crippen LogP contribution is -2.22. The first kappa shape index (κ1) is 31.1. The van der Waals surface area contributed by atoms with E-state index in [1.54, 1.807) is 13.8 Å². The zero-order valence-electron chi connectivity index (χ0n) is 21.3. The van der Waals surface area contributed by atoms with Gasteiger partial charge in [-0.2, -0.15) is 0 Å². The molecule has 0 amide bonds. The summed E-state index contributed by atoms with van der Waals surface area (Å²) in [7, 11) is -2.85. The molecule has 0 rings (SSSR count). The van der Waals surface area contributed by atoms with E-state index in [0.717, 1.165) is 25.7 Å². The van der Waals surface area contributed by atoms with Crippen LogP contribution >= 0.6 is 8.25 Å². The molecule has 0 fully saturated rings. The van der Waals surface area contributed by atoms with Crippen molar-refractivity contribution in [2.75, 3.05) is 0 Å². The van der Waals surface area contributed by atoms with E-state index in [0.29, 0.717) is 36.1 Å². The number of hydrogen-bond donors (Lipinski definition) is 2. The molecule has 0 heterocycles. The molecule has 0 aliphatic heterocycles. The maximum atomic E-state index is 12.4. The van der Waals surface area contributed by atoms with Gasteiger partial charge in [-0.3, -0.25) is 4.57 Å². The van der Waals surface area contributed by atoms with E-state index in [-0.39, 0.29) is 0 Å². The molecule has 0 spiro atoms. The van der Waals surface area contributed by atoms with Gasteiger partial charge >= 0.3 is 8.25 Å². The Kier molecular flexibility index (Phi) is 19.0. The Hall–Kier alpha value is -0.910. The average Bonchev–Trinajstić information content (AvgIpc) is 2.78. The molecule has 8 heteroatoms. The third-order valence-corrected chi connectivity index (χ3v) is 7.54. The third kappa shape index (κ3) is 13.6. The molecule has 0 aliphatic carbocycles. The largest absolute Gasteiger partial charge is 0.411 e. The molecule has 4 atom stereocenters. The van der Waals surface area contributed by atoms with E-state index >= 15 is 0 Å². The summed E-state index contributed by atoms with van der Waals surface area (Å²) in [6.07, 6.45) is 11.1. The van der Waals surface area contributed by atoms with Gasteiger partial charge in [0.05, 0.1) is 11.4 Å². The maximum Gasteiger partial charge on any atom is 0.320 e. The molecule has 0 aromatic carbocycles. The van der Waals surface area contributed by atoms with Crippen LogP contribution in [0.1, 0.15) is 119 Å². The van der Waals surface area contributed by atoms with Crippen molar-refractivity contribution < 1.29 is 24.0 Å². The number of unbranched alkanes of at least 4 members (excludes halogenated alkanes) is 2. The average molecular weight is 477 g/mol. The van der Waals surface area contributed by atoms with Crippen molar-refractivity contribution in [1.82, 2.24) is 0 Å². The lowest BCUT2D eigenvalue weighted by molar-refractivity contribution is 0.189. The lowest BCUT2D eigenvalue weighted by Gasteiger charge is -2.20. The zero-order chi connectivity index (χ0) is 24.4. The fraction of sp³-hybridized carbons (Fsp3) is 0.917. The Labute approximate surface area is 197 Å². The predicted molar refractivity (Wildman–Crippen MR) is 134 cm³/mol. The van der Waals surface area contributed by atoms with Crippen LogP contribution in [-0.2, 0) is 13.6 Å². The number of hydrogen-bond acceptors (Lipinski definition) is 7. The van der Waals surface area contributed by atoms with Gasteiger partial charge in [-0.25, -0.2) is 0 Å². The summed E-state index contributed by atoms with van der Waals surface area (Å²) in [5.41, 5.74) is 0.958. The predicted octanol–water partition coefficient (Wildman–Crippen LogP) is 7.84. The topological polar surface area (TPSA) is 101 Å². The Bertz CT molecular complexity index is 511. The smallest absolute Gasteiger partial charge is 0.320 e. The number of rotatable bonds is 20. The normalized spacial score (nSPS) is 17.7. The molecule has 0 saturated carbocycles. The number of oxime groups is 2. The Morgan fingerprint density at radius 1 is 0.750 bits per heavy atom. The maximum absolute atomic E-state index is 12.4. The van der Waals surface area contributed by atoms with Crippen LogP contribution in [0.5, 0.6) is 0 Å². The van der Waals surface area contributed by atoms with Crippen molar-refractivity contribution >= 4 is 19.7 Å². The van der Waals surface area contributed by atoms with Gasteiger partial charge in [0.2, 0.25) is 0 Å². The highest BCUT2D eigenvalue weighted by molar-refractivity contribution is 7.33. The second-order valence-corrected chi connectivity index (χ2v) is 9.83. The summed E-state index contributed by atoms with van der Waals surface area (Å²) in [4.78, 5) is 0. The van der Waals surface area contributed by atoms with Crippen LogP contribution in [0.3, 0.4) is 0 Å². The first-order valence-electron chi connectivity index (χ1n) is 12.6. The molecule has 0 aliphatic rings. The van der Waals surface area contributed by atoms with Gasteiger partial charge < -0.3 is 19.5 Å². The monoisotopic (exact) mass is 476 g/mol. The molecule has 7 nitrogen and oxygen atoms in total. The molecule has 0 aromatic heterocycles. The fourth-order valence-electron chi connectivity index (χ4n) is 3.92. The molecule has 4 unspecified atom stereocenters. The van der Waals surface area contributed by atoms with Crippen LogP contribution in [0, 0.1) is 11.8 Å². The Morgan fingerprint density at radius 2 is 1.12 bits per heavy atom. The summed E-state index contributed by atoms with van der Waals surface area (Å²) in [6.45, 7) is 12.2. The molecule has 0 saturated heterocycles. The van der Waals surface area contributed by atoms with Crippen LogP contribution in [0.15, 0.2) is 10.3 Å². The molecule has 2 N–H and O–H groups in total. The molecular formula is C24H49N2O5P. The SMILES string of the molecule is CCCCC(CC)CCC(=NO)C(C)O[PH](=O)OC(C)C(CCC(CC)CCCC)=NO. The minimum atomic E-state index is -2.85. The molecular weight excluding hydrogens is 427 g/mol. The van der Waals surface area contributed by atoms with E-state index in [1.807, 2.05) is 0 Å². The highest BCUT2D eigenvalue weighted by atomic mass is 31.1. The highest BCUT2D eigenvalue weighted by Crippen LogP contribution is 2.31. The highest BCUT2D eigenvalue weighted by Gasteiger charge is 2.21. The van der Waals surface area contributed by atoms with Gasteiger partial charge in [-0.1, -0.05) is 89.4 Å². The third-order valence-electron chi connectivity index (χ3n) is 6.45. The van der Waals surface area contributed by atoms with Crippen LogP contribution in [0.25, 0.3) is 0 Å². The Morgan fingerprint density at radius 3 is 1.41 bits per heavy atom. The lowest BCUT2D eigenvalue weighted by atomic mass is 9.92. The summed E-state index contributed by atoms with van der Waals surface area (Å²) >= 11 is 0. The molecule has 0 aromatic rings. The Balaban J connectivity index is 4.62. The van der Waals surface area contributed by atoms with Gasteiger partial charge in [0.15, 0.2) is 0 Å². The van der Waals surface area contributed by atoms with Crippen molar-refractivity contribution in [3.63, 3.8) is 0 Å². The van der Waals surface area contributed by atoms with Crippen molar-refractivity contribution in [1.29, 1.82) is 0 Å².